The third-order valence-corrected chi connectivity index (χ3v) is 4.12. The van der Waals surface area contributed by atoms with Crippen molar-refractivity contribution in [1.82, 2.24) is 20.0 Å². The normalized spacial score (nSPS) is 12.7. The van der Waals surface area contributed by atoms with E-state index in [1.807, 2.05) is 10.9 Å². The van der Waals surface area contributed by atoms with E-state index in [0.717, 1.165) is 32.7 Å². The topological polar surface area (TPSA) is 33.1 Å². The smallest absolute Gasteiger partial charge is 0.0534 e. The Hall–Kier alpha value is -1.65. The van der Waals surface area contributed by atoms with Crippen LogP contribution in [-0.2, 0) is 13.1 Å². The first kappa shape index (κ1) is 16.7. The minimum absolute atomic E-state index is 0.414. The Morgan fingerprint density at radius 2 is 1.86 bits per heavy atom. The molecule has 0 spiro atoms. The van der Waals surface area contributed by atoms with Crippen LogP contribution in [0.25, 0.3) is 0 Å². The van der Waals surface area contributed by atoms with Gasteiger partial charge in [-0.3, -0.25) is 9.58 Å². The maximum Gasteiger partial charge on any atom is 0.0534 e. The van der Waals surface area contributed by atoms with Gasteiger partial charge in [0.25, 0.3) is 0 Å². The number of rotatable bonds is 9. The third kappa shape index (κ3) is 4.42. The van der Waals surface area contributed by atoms with Gasteiger partial charge in [0, 0.05) is 37.4 Å². The van der Waals surface area contributed by atoms with E-state index in [9.17, 15) is 0 Å². The molecule has 1 atom stereocenters. The molecule has 0 saturated carbocycles. The van der Waals surface area contributed by atoms with Crippen molar-refractivity contribution in [2.45, 2.75) is 39.9 Å². The van der Waals surface area contributed by atoms with Crippen LogP contribution in [0.1, 0.15) is 37.9 Å². The first-order chi connectivity index (χ1) is 10.8. The summed E-state index contributed by atoms with van der Waals surface area (Å²) in [7, 11) is 0. The monoisotopic (exact) mass is 300 g/mol. The number of nitrogens with zero attached hydrogens (tertiary/aromatic N) is 3. The molecule has 0 amide bonds. The molecular formula is C18H28N4. The molecule has 2 rings (SSSR count). The number of aromatic nitrogens is 2. The highest BCUT2D eigenvalue weighted by Crippen LogP contribution is 2.19. The van der Waals surface area contributed by atoms with Gasteiger partial charge in [-0.05, 0) is 25.6 Å². The Kier molecular flexibility index (Phi) is 6.62. The van der Waals surface area contributed by atoms with Gasteiger partial charge in [0.1, 0.15) is 0 Å². The molecule has 0 saturated heterocycles. The summed E-state index contributed by atoms with van der Waals surface area (Å²) >= 11 is 0. The summed E-state index contributed by atoms with van der Waals surface area (Å²) in [6, 6.07) is 11.2. The van der Waals surface area contributed by atoms with Gasteiger partial charge in [-0.1, -0.05) is 44.2 Å². The molecule has 120 valence electrons. The lowest BCUT2D eigenvalue weighted by Gasteiger charge is -2.30. The van der Waals surface area contributed by atoms with Crippen LogP contribution in [0.2, 0.25) is 0 Å². The van der Waals surface area contributed by atoms with Crippen LogP contribution in [0.4, 0.5) is 0 Å². The third-order valence-electron chi connectivity index (χ3n) is 4.12. The second kappa shape index (κ2) is 8.71. The van der Waals surface area contributed by atoms with Crippen molar-refractivity contribution < 1.29 is 0 Å². The second-order valence-electron chi connectivity index (χ2n) is 5.48. The number of hydrogen-bond acceptors (Lipinski definition) is 3. The minimum Gasteiger partial charge on any atom is -0.311 e. The molecule has 4 heteroatoms. The lowest BCUT2D eigenvalue weighted by molar-refractivity contribution is 0.213. The Morgan fingerprint density at radius 3 is 2.45 bits per heavy atom. The lowest BCUT2D eigenvalue weighted by atomic mass is 10.1. The summed E-state index contributed by atoms with van der Waals surface area (Å²) in [5, 5.41) is 7.92. The maximum absolute atomic E-state index is 4.32. The number of nitrogens with one attached hydrogen (secondary N) is 1. The van der Waals surface area contributed by atoms with E-state index in [4.69, 9.17) is 0 Å². The van der Waals surface area contributed by atoms with E-state index in [0.29, 0.717) is 6.04 Å². The van der Waals surface area contributed by atoms with E-state index in [1.54, 1.807) is 0 Å². The average molecular weight is 300 g/mol. The standard InChI is InChI=1S/C18H28N4/c1-4-21(5-2)18(17-10-8-7-9-11-17)14-19-12-16-13-20-22(6-3)15-16/h7-11,13,15,18-19H,4-6,12,14H2,1-3H3. The highest BCUT2D eigenvalue weighted by molar-refractivity contribution is 5.19. The number of hydrogen-bond donors (Lipinski definition) is 1. The summed E-state index contributed by atoms with van der Waals surface area (Å²) in [5.41, 5.74) is 2.62. The number of benzene rings is 1. The fourth-order valence-electron chi connectivity index (χ4n) is 2.82. The van der Waals surface area contributed by atoms with Gasteiger partial charge in [-0.2, -0.15) is 5.10 Å². The Bertz CT molecular complexity index is 531. The molecule has 0 fully saturated rings. The summed E-state index contributed by atoms with van der Waals surface area (Å²) in [5.74, 6) is 0. The highest BCUT2D eigenvalue weighted by Gasteiger charge is 2.17. The maximum atomic E-state index is 4.32. The quantitative estimate of drug-likeness (QED) is 0.772. The second-order valence-corrected chi connectivity index (χ2v) is 5.48. The highest BCUT2D eigenvalue weighted by atomic mass is 15.3. The molecule has 1 unspecified atom stereocenters. The molecule has 0 bridgehead atoms. The van der Waals surface area contributed by atoms with Crippen LogP contribution in [0.3, 0.4) is 0 Å². The summed E-state index contributed by atoms with van der Waals surface area (Å²) in [6.07, 6.45) is 4.06. The van der Waals surface area contributed by atoms with Crippen LogP contribution in [-0.4, -0.2) is 34.3 Å². The molecule has 0 aliphatic carbocycles. The molecule has 0 radical (unpaired) electrons. The predicted molar refractivity (Wildman–Crippen MR) is 91.7 cm³/mol. The first-order valence-corrected chi connectivity index (χ1v) is 8.29. The van der Waals surface area contributed by atoms with Crippen molar-refractivity contribution in [2.75, 3.05) is 19.6 Å². The molecule has 2 aromatic rings. The summed E-state index contributed by atoms with van der Waals surface area (Å²) < 4.78 is 1.97. The van der Waals surface area contributed by atoms with Crippen LogP contribution in [0.5, 0.6) is 0 Å². The predicted octanol–water partition coefficient (Wildman–Crippen LogP) is 3.08. The first-order valence-electron chi connectivity index (χ1n) is 8.29. The van der Waals surface area contributed by atoms with Crippen molar-refractivity contribution in [1.29, 1.82) is 0 Å². The van der Waals surface area contributed by atoms with Crippen molar-refractivity contribution in [3.8, 4) is 0 Å². The SMILES string of the molecule is CCN(CC)C(CNCc1cnn(CC)c1)c1ccccc1. The zero-order valence-electron chi connectivity index (χ0n) is 14.0. The van der Waals surface area contributed by atoms with Crippen LogP contribution >= 0.6 is 0 Å². The summed E-state index contributed by atoms with van der Waals surface area (Å²) in [6.45, 7) is 11.4. The molecule has 1 N–H and O–H groups in total. The van der Waals surface area contributed by atoms with Gasteiger partial charge in [-0.25, -0.2) is 0 Å². The van der Waals surface area contributed by atoms with E-state index in [1.165, 1.54) is 11.1 Å². The minimum atomic E-state index is 0.414. The van der Waals surface area contributed by atoms with Crippen molar-refractivity contribution in [3.63, 3.8) is 0 Å². The molecule has 0 aliphatic rings. The average Bonchev–Trinajstić information content (AvgIpc) is 3.03. The fourth-order valence-corrected chi connectivity index (χ4v) is 2.82. The molecule has 1 aromatic carbocycles. The van der Waals surface area contributed by atoms with E-state index < -0.39 is 0 Å². The molecular weight excluding hydrogens is 272 g/mol. The Morgan fingerprint density at radius 1 is 1.14 bits per heavy atom. The molecule has 22 heavy (non-hydrogen) atoms. The molecule has 0 aliphatic heterocycles. The summed E-state index contributed by atoms with van der Waals surface area (Å²) in [4.78, 5) is 2.50. The van der Waals surface area contributed by atoms with Gasteiger partial charge in [0.05, 0.1) is 6.20 Å². The van der Waals surface area contributed by atoms with Crippen LogP contribution in [0, 0.1) is 0 Å². The Balaban J connectivity index is 1.97. The van der Waals surface area contributed by atoms with Gasteiger partial charge in [0.15, 0.2) is 0 Å². The van der Waals surface area contributed by atoms with Gasteiger partial charge < -0.3 is 5.32 Å². The van der Waals surface area contributed by atoms with Crippen LogP contribution in [0.15, 0.2) is 42.7 Å². The lowest BCUT2D eigenvalue weighted by Crippen LogP contribution is -2.35. The number of likely N-dealkylation sites (N-methyl/N-ethyl adjacent to an activating group) is 1. The van der Waals surface area contributed by atoms with Crippen LogP contribution < -0.4 is 5.32 Å². The zero-order valence-corrected chi connectivity index (χ0v) is 14.0. The van der Waals surface area contributed by atoms with E-state index in [2.05, 4.69) is 72.6 Å². The Labute approximate surface area is 134 Å². The van der Waals surface area contributed by atoms with Crippen molar-refractivity contribution >= 4 is 0 Å². The van der Waals surface area contributed by atoms with Crippen molar-refractivity contribution in [2.24, 2.45) is 0 Å². The van der Waals surface area contributed by atoms with Crippen molar-refractivity contribution in [3.05, 3.63) is 53.9 Å². The largest absolute Gasteiger partial charge is 0.311 e. The van der Waals surface area contributed by atoms with Gasteiger partial charge in [0.2, 0.25) is 0 Å². The van der Waals surface area contributed by atoms with E-state index in [-0.39, 0.29) is 0 Å². The fraction of sp³-hybridized carbons (Fsp3) is 0.500. The molecule has 1 aromatic heterocycles. The van der Waals surface area contributed by atoms with E-state index >= 15 is 0 Å². The molecule has 1 heterocycles. The van der Waals surface area contributed by atoms with Gasteiger partial charge >= 0.3 is 0 Å². The zero-order chi connectivity index (χ0) is 15.8. The molecule has 4 nitrogen and oxygen atoms in total. The number of aryl methyl sites for hydroxylation is 1. The van der Waals surface area contributed by atoms with Gasteiger partial charge in [-0.15, -0.1) is 0 Å².